The summed E-state index contributed by atoms with van der Waals surface area (Å²) in [6.07, 6.45) is 0. The quantitative estimate of drug-likeness (QED) is 0.229. The Balaban J connectivity index is 2.49. The number of nitro benzene ring substituents is 1. The van der Waals surface area contributed by atoms with E-state index in [-0.39, 0.29) is 16.1 Å². The Morgan fingerprint density at radius 1 is 1.22 bits per heavy atom. The van der Waals surface area contributed by atoms with Crippen molar-refractivity contribution >= 4 is 34.7 Å². The van der Waals surface area contributed by atoms with Crippen LogP contribution in [0.3, 0.4) is 0 Å². The summed E-state index contributed by atoms with van der Waals surface area (Å²) < 4.78 is 5.08. The standard InChI is InChI=1S/C15H11ClN2O5/c1-8(19)12-6-10(16)7-13(18(21)22)14(12)23-15(20)9-2-4-11(17)5-3-9/h2-7H,17H2,1H3. The van der Waals surface area contributed by atoms with Gasteiger partial charge in [0.2, 0.25) is 5.75 Å². The second-order valence-corrected chi connectivity index (χ2v) is 5.06. The molecule has 2 aromatic carbocycles. The number of halogens is 1. The first-order chi connectivity index (χ1) is 10.8. The Morgan fingerprint density at radius 3 is 2.35 bits per heavy atom. The molecule has 0 saturated carbocycles. The number of nitrogen functional groups attached to an aromatic ring is 1. The van der Waals surface area contributed by atoms with Crippen LogP contribution in [0.1, 0.15) is 27.6 Å². The maximum absolute atomic E-state index is 12.1. The Morgan fingerprint density at radius 2 is 1.83 bits per heavy atom. The number of carbonyl (C=O) groups excluding carboxylic acids is 2. The summed E-state index contributed by atoms with van der Waals surface area (Å²) in [4.78, 5) is 34.2. The predicted octanol–water partition coefficient (Wildman–Crippen LogP) is 3.25. The smallest absolute Gasteiger partial charge is 0.343 e. The summed E-state index contributed by atoms with van der Waals surface area (Å²) in [6.45, 7) is 1.19. The predicted molar refractivity (Wildman–Crippen MR) is 83.9 cm³/mol. The fraction of sp³-hybridized carbons (Fsp3) is 0.0667. The molecule has 0 atom stereocenters. The molecule has 2 aromatic rings. The third kappa shape index (κ3) is 3.64. The van der Waals surface area contributed by atoms with Crippen molar-refractivity contribution in [2.45, 2.75) is 6.92 Å². The molecule has 0 fully saturated rings. The van der Waals surface area contributed by atoms with Gasteiger partial charge < -0.3 is 10.5 Å². The van der Waals surface area contributed by atoms with Gasteiger partial charge in [-0.1, -0.05) is 11.6 Å². The number of anilines is 1. The first-order valence-electron chi connectivity index (χ1n) is 6.36. The highest BCUT2D eigenvalue weighted by Gasteiger charge is 2.26. The Bertz CT molecular complexity index is 767. The Labute approximate surface area is 135 Å². The van der Waals surface area contributed by atoms with E-state index in [0.717, 1.165) is 6.07 Å². The van der Waals surface area contributed by atoms with E-state index in [1.165, 1.54) is 37.3 Å². The number of hydrogen-bond acceptors (Lipinski definition) is 6. The molecule has 0 aliphatic heterocycles. The number of rotatable bonds is 4. The van der Waals surface area contributed by atoms with E-state index in [1.807, 2.05) is 0 Å². The average molecular weight is 335 g/mol. The van der Waals surface area contributed by atoms with Crippen molar-refractivity contribution in [2.75, 3.05) is 5.73 Å². The lowest BCUT2D eigenvalue weighted by Crippen LogP contribution is -2.12. The minimum atomic E-state index is -0.849. The number of carbonyl (C=O) groups is 2. The molecule has 0 heterocycles. The van der Waals surface area contributed by atoms with E-state index < -0.39 is 28.1 Å². The topological polar surface area (TPSA) is 113 Å². The van der Waals surface area contributed by atoms with Gasteiger partial charge in [0.05, 0.1) is 16.1 Å². The molecule has 23 heavy (non-hydrogen) atoms. The summed E-state index contributed by atoms with van der Waals surface area (Å²) >= 11 is 5.77. The molecule has 0 aromatic heterocycles. The number of Topliss-reactive ketones (excluding diaryl/α,β-unsaturated/α-hetero) is 1. The van der Waals surface area contributed by atoms with E-state index in [4.69, 9.17) is 22.1 Å². The maximum atomic E-state index is 12.1. The molecule has 0 saturated heterocycles. The van der Waals surface area contributed by atoms with Gasteiger partial charge in [0.25, 0.3) is 0 Å². The summed E-state index contributed by atoms with van der Waals surface area (Å²) in [5.41, 5.74) is 5.40. The summed E-state index contributed by atoms with van der Waals surface area (Å²) in [6, 6.07) is 8.01. The van der Waals surface area contributed by atoms with Gasteiger partial charge in [0.1, 0.15) is 0 Å². The van der Waals surface area contributed by atoms with Crippen molar-refractivity contribution in [3.05, 3.63) is 62.7 Å². The molecule has 0 radical (unpaired) electrons. The Kier molecular flexibility index (Phi) is 4.61. The molecule has 8 heteroatoms. The first kappa shape index (κ1) is 16.4. The fourth-order valence-electron chi connectivity index (χ4n) is 1.85. The molecule has 0 bridgehead atoms. The number of hydrogen-bond donors (Lipinski definition) is 1. The summed E-state index contributed by atoms with van der Waals surface area (Å²) in [7, 11) is 0. The highest BCUT2D eigenvalue weighted by atomic mass is 35.5. The fourth-order valence-corrected chi connectivity index (χ4v) is 2.07. The van der Waals surface area contributed by atoms with Crippen molar-refractivity contribution in [1.82, 2.24) is 0 Å². The second-order valence-electron chi connectivity index (χ2n) is 4.63. The van der Waals surface area contributed by atoms with Crippen molar-refractivity contribution in [2.24, 2.45) is 0 Å². The van der Waals surface area contributed by atoms with E-state index in [9.17, 15) is 19.7 Å². The number of nitrogens with two attached hydrogens (primary N) is 1. The van der Waals surface area contributed by atoms with Crippen LogP contribution in [0.15, 0.2) is 36.4 Å². The SMILES string of the molecule is CC(=O)c1cc(Cl)cc([N+](=O)[O-])c1OC(=O)c1ccc(N)cc1. The summed E-state index contributed by atoms with van der Waals surface area (Å²) in [5, 5.41) is 11.1. The zero-order chi connectivity index (χ0) is 17.1. The molecule has 2 N–H and O–H groups in total. The number of esters is 1. The minimum Gasteiger partial charge on any atom is -0.415 e. The van der Waals surface area contributed by atoms with Crippen LogP contribution in [0.25, 0.3) is 0 Å². The Hall–Kier alpha value is -2.93. The van der Waals surface area contributed by atoms with Gasteiger partial charge >= 0.3 is 11.7 Å². The molecular formula is C15H11ClN2O5. The molecule has 0 aliphatic carbocycles. The molecule has 0 aliphatic rings. The molecular weight excluding hydrogens is 324 g/mol. The van der Waals surface area contributed by atoms with E-state index in [1.54, 1.807) is 0 Å². The number of nitrogens with zero attached hydrogens (tertiary/aromatic N) is 1. The lowest BCUT2D eigenvalue weighted by atomic mass is 10.1. The highest BCUT2D eigenvalue weighted by Crippen LogP contribution is 2.35. The van der Waals surface area contributed by atoms with Gasteiger partial charge in [-0.15, -0.1) is 0 Å². The summed E-state index contributed by atoms with van der Waals surface area (Å²) in [5.74, 6) is -1.80. The van der Waals surface area contributed by atoms with Crippen LogP contribution < -0.4 is 10.5 Å². The molecule has 118 valence electrons. The van der Waals surface area contributed by atoms with Crippen molar-refractivity contribution in [3.8, 4) is 5.75 Å². The van der Waals surface area contributed by atoms with E-state index in [0.29, 0.717) is 5.69 Å². The van der Waals surface area contributed by atoms with Gasteiger partial charge in [-0.05, 0) is 37.3 Å². The van der Waals surface area contributed by atoms with Gasteiger partial charge in [0, 0.05) is 16.8 Å². The molecule has 0 unspecified atom stereocenters. The zero-order valence-electron chi connectivity index (χ0n) is 11.9. The average Bonchev–Trinajstić information content (AvgIpc) is 2.48. The van der Waals surface area contributed by atoms with Crippen LogP contribution in [-0.4, -0.2) is 16.7 Å². The third-order valence-electron chi connectivity index (χ3n) is 2.95. The minimum absolute atomic E-state index is 0.00539. The van der Waals surface area contributed by atoms with E-state index in [2.05, 4.69) is 0 Å². The highest BCUT2D eigenvalue weighted by molar-refractivity contribution is 6.31. The van der Waals surface area contributed by atoms with Gasteiger partial charge in [-0.25, -0.2) is 4.79 Å². The largest absolute Gasteiger partial charge is 0.415 e. The first-order valence-corrected chi connectivity index (χ1v) is 6.74. The third-order valence-corrected chi connectivity index (χ3v) is 3.17. The lowest BCUT2D eigenvalue weighted by molar-refractivity contribution is -0.385. The number of nitro groups is 1. The van der Waals surface area contributed by atoms with Gasteiger partial charge in [0.15, 0.2) is 5.78 Å². The number of ether oxygens (including phenoxy) is 1. The zero-order valence-corrected chi connectivity index (χ0v) is 12.7. The monoisotopic (exact) mass is 334 g/mol. The normalized spacial score (nSPS) is 10.2. The van der Waals surface area contributed by atoms with Crippen LogP contribution >= 0.6 is 11.6 Å². The van der Waals surface area contributed by atoms with E-state index >= 15 is 0 Å². The van der Waals surface area contributed by atoms with Crippen molar-refractivity contribution in [3.63, 3.8) is 0 Å². The second kappa shape index (κ2) is 6.45. The van der Waals surface area contributed by atoms with Gasteiger partial charge in [-0.2, -0.15) is 0 Å². The van der Waals surface area contributed by atoms with Crippen molar-refractivity contribution in [1.29, 1.82) is 0 Å². The van der Waals surface area contributed by atoms with Crippen LogP contribution in [0, 0.1) is 10.1 Å². The lowest BCUT2D eigenvalue weighted by Gasteiger charge is -2.09. The number of ketones is 1. The van der Waals surface area contributed by atoms with Crippen LogP contribution in [0.4, 0.5) is 11.4 Å². The van der Waals surface area contributed by atoms with Crippen molar-refractivity contribution < 1.29 is 19.2 Å². The van der Waals surface area contributed by atoms with Crippen LogP contribution in [0.2, 0.25) is 5.02 Å². The molecule has 7 nitrogen and oxygen atoms in total. The number of benzene rings is 2. The van der Waals surface area contributed by atoms with Gasteiger partial charge in [-0.3, -0.25) is 14.9 Å². The van der Waals surface area contributed by atoms with Crippen LogP contribution in [-0.2, 0) is 0 Å². The molecule has 0 amide bonds. The maximum Gasteiger partial charge on any atom is 0.343 e. The molecule has 2 rings (SSSR count). The van der Waals surface area contributed by atoms with Crippen LogP contribution in [0.5, 0.6) is 5.75 Å². The molecule has 0 spiro atoms.